The first-order valence-corrected chi connectivity index (χ1v) is 7.24. The number of esters is 2. The average molecular weight is 290 g/mol. The predicted octanol–water partition coefficient (Wildman–Crippen LogP) is 3.77. The SMILES string of the molecule is C/C=C/COC(=O)c1ccc(C(=O)OCCCCC)cc1. The van der Waals surface area contributed by atoms with E-state index in [0.717, 1.165) is 19.3 Å². The number of allylic oxidation sites excluding steroid dienone is 1. The monoisotopic (exact) mass is 290 g/mol. The average Bonchev–Trinajstić information content (AvgIpc) is 2.51. The van der Waals surface area contributed by atoms with E-state index < -0.39 is 5.97 Å². The van der Waals surface area contributed by atoms with Crippen LogP contribution in [0.4, 0.5) is 0 Å². The molecule has 0 spiro atoms. The van der Waals surface area contributed by atoms with Gasteiger partial charge >= 0.3 is 11.9 Å². The Kier molecular flexibility index (Phi) is 7.87. The molecule has 0 atom stereocenters. The molecule has 0 radical (unpaired) electrons. The number of rotatable bonds is 8. The van der Waals surface area contributed by atoms with Crippen molar-refractivity contribution in [2.45, 2.75) is 33.1 Å². The summed E-state index contributed by atoms with van der Waals surface area (Å²) in [4.78, 5) is 23.4. The van der Waals surface area contributed by atoms with E-state index >= 15 is 0 Å². The Morgan fingerprint density at radius 2 is 1.57 bits per heavy atom. The maximum Gasteiger partial charge on any atom is 0.338 e. The minimum atomic E-state index is -0.407. The van der Waals surface area contributed by atoms with E-state index in [0.29, 0.717) is 17.7 Å². The zero-order valence-corrected chi connectivity index (χ0v) is 12.6. The van der Waals surface area contributed by atoms with E-state index in [1.165, 1.54) is 0 Å². The van der Waals surface area contributed by atoms with Crippen LogP contribution in [0.3, 0.4) is 0 Å². The molecule has 1 aromatic carbocycles. The molecule has 0 fully saturated rings. The molecular weight excluding hydrogens is 268 g/mol. The summed E-state index contributed by atoms with van der Waals surface area (Å²) in [6.07, 6.45) is 6.56. The van der Waals surface area contributed by atoms with Crippen molar-refractivity contribution in [3.05, 3.63) is 47.5 Å². The van der Waals surface area contributed by atoms with Gasteiger partial charge in [-0.1, -0.05) is 31.9 Å². The number of benzene rings is 1. The Morgan fingerprint density at radius 1 is 1.00 bits per heavy atom. The number of carbonyl (C=O) groups excluding carboxylic acids is 2. The highest BCUT2D eigenvalue weighted by molar-refractivity contribution is 5.93. The van der Waals surface area contributed by atoms with Crippen LogP contribution >= 0.6 is 0 Å². The minimum absolute atomic E-state index is 0.247. The molecule has 0 saturated carbocycles. The summed E-state index contributed by atoms with van der Waals surface area (Å²) in [6, 6.07) is 6.30. The number of ether oxygens (including phenoxy) is 2. The maximum atomic E-state index is 11.8. The van der Waals surface area contributed by atoms with E-state index in [1.54, 1.807) is 30.3 Å². The highest BCUT2D eigenvalue weighted by Crippen LogP contribution is 2.08. The predicted molar refractivity (Wildman–Crippen MR) is 81.3 cm³/mol. The summed E-state index contributed by atoms with van der Waals surface area (Å²) in [7, 11) is 0. The van der Waals surface area contributed by atoms with Gasteiger partial charge in [0.15, 0.2) is 0 Å². The molecule has 4 nitrogen and oxygen atoms in total. The van der Waals surface area contributed by atoms with Crippen LogP contribution in [0.5, 0.6) is 0 Å². The van der Waals surface area contributed by atoms with E-state index in [2.05, 4.69) is 6.92 Å². The largest absolute Gasteiger partial charge is 0.462 e. The molecule has 0 bridgehead atoms. The summed E-state index contributed by atoms with van der Waals surface area (Å²) >= 11 is 0. The van der Waals surface area contributed by atoms with Crippen LogP contribution in [0.2, 0.25) is 0 Å². The molecule has 0 heterocycles. The van der Waals surface area contributed by atoms with Gasteiger partial charge in [-0.2, -0.15) is 0 Å². The lowest BCUT2D eigenvalue weighted by Gasteiger charge is -2.05. The van der Waals surface area contributed by atoms with Crippen molar-refractivity contribution >= 4 is 11.9 Å². The van der Waals surface area contributed by atoms with Crippen molar-refractivity contribution in [2.75, 3.05) is 13.2 Å². The molecule has 0 unspecified atom stereocenters. The second kappa shape index (κ2) is 9.75. The first-order chi connectivity index (χ1) is 10.2. The number of hydrogen-bond donors (Lipinski definition) is 0. The van der Waals surface area contributed by atoms with Gasteiger partial charge in [0.2, 0.25) is 0 Å². The lowest BCUT2D eigenvalue weighted by atomic mass is 10.1. The van der Waals surface area contributed by atoms with Gasteiger partial charge < -0.3 is 9.47 Å². The lowest BCUT2D eigenvalue weighted by Crippen LogP contribution is -2.08. The van der Waals surface area contributed by atoms with Crippen molar-refractivity contribution in [1.29, 1.82) is 0 Å². The van der Waals surface area contributed by atoms with Crippen molar-refractivity contribution in [1.82, 2.24) is 0 Å². The van der Waals surface area contributed by atoms with Gasteiger partial charge in [0.25, 0.3) is 0 Å². The molecule has 0 aliphatic rings. The van der Waals surface area contributed by atoms with Gasteiger partial charge in [0, 0.05) is 0 Å². The fourth-order valence-corrected chi connectivity index (χ4v) is 1.65. The van der Waals surface area contributed by atoms with Gasteiger partial charge in [-0.25, -0.2) is 9.59 Å². The van der Waals surface area contributed by atoms with Gasteiger partial charge in [-0.15, -0.1) is 0 Å². The Labute approximate surface area is 125 Å². The summed E-state index contributed by atoms with van der Waals surface area (Å²) in [5, 5.41) is 0. The number of carbonyl (C=O) groups is 2. The summed E-state index contributed by atoms with van der Waals surface area (Å²) in [6.45, 7) is 4.63. The summed E-state index contributed by atoms with van der Waals surface area (Å²) < 4.78 is 10.2. The zero-order valence-electron chi connectivity index (χ0n) is 12.6. The van der Waals surface area contributed by atoms with Crippen molar-refractivity contribution in [3.8, 4) is 0 Å². The molecule has 0 amide bonds. The molecule has 0 aliphatic heterocycles. The van der Waals surface area contributed by atoms with Crippen molar-refractivity contribution in [3.63, 3.8) is 0 Å². The first-order valence-electron chi connectivity index (χ1n) is 7.24. The fourth-order valence-electron chi connectivity index (χ4n) is 1.65. The molecule has 114 valence electrons. The summed E-state index contributed by atoms with van der Waals surface area (Å²) in [5.74, 6) is -0.768. The molecule has 0 aromatic heterocycles. The molecule has 21 heavy (non-hydrogen) atoms. The second-order valence-corrected chi connectivity index (χ2v) is 4.59. The molecule has 0 aliphatic carbocycles. The minimum Gasteiger partial charge on any atom is -0.462 e. The van der Waals surface area contributed by atoms with Crippen LogP contribution in [0.1, 0.15) is 53.8 Å². The van der Waals surface area contributed by atoms with Gasteiger partial charge in [-0.3, -0.25) is 0 Å². The quantitative estimate of drug-likeness (QED) is 0.415. The molecule has 1 rings (SSSR count). The van der Waals surface area contributed by atoms with Gasteiger partial charge in [0.1, 0.15) is 6.61 Å². The smallest absolute Gasteiger partial charge is 0.338 e. The molecule has 0 saturated heterocycles. The maximum absolute atomic E-state index is 11.8. The highest BCUT2D eigenvalue weighted by atomic mass is 16.5. The Morgan fingerprint density at radius 3 is 2.10 bits per heavy atom. The van der Waals surface area contributed by atoms with Crippen LogP contribution in [-0.4, -0.2) is 25.2 Å². The van der Waals surface area contributed by atoms with Gasteiger partial charge in [-0.05, 0) is 37.6 Å². The fraction of sp³-hybridized carbons (Fsp3) is 0.412. The lowest BCUT2D eigenvalue weighted by molar-refractivity contribution is 0.0494. The van der Waals surface area contributed by atoms with Crippen LogP contribution in [0.25, 0.3) is 0 Å². The third kappa shape index (κ3) is 6.25. The molecular formula is C17H22O4. The van der Waals surface area contributed by atoms with Crippen LogP contribution in [0.15, 0.2) is 36.4 Å². The van der Waals surface area contributed by atoms with Crippen LogP contribution in [-0.2, 0) is 9.47 Å². The number of unbranched alkanes of at least 4 members (excludes halogenated alkanes) is 2. The van der Waals surface area contributed by atoms with Crippen molar-refractivity contribution in [2.24, 2.45) is 0 Å². The summed E-state index contributed by atoms with van der Waals surface area (Å²) in [5.41, 5.74) is 0.860. The zero-order chi connectivity index (χ0) is 15.5. The van der Waals surface area contributed by atoms with E-state index in [1.807, 2.05) is 13.0 Å². The normalized spacial score (nSPS) is 10.6. The Bertz CT molecular complexity index is 474. The highest BCUT2D eigenvalue weighted by Gasteiger charge is 2.10. The van der Waals surface area contributed by atoms with Gasteiger partial charge in [0.05, 0.1) is 17.7 Å². The van der Waals surface area contributed by atoms with E-state index in [9.17, 15) is 9.59 Å². The standard InChI is InChI=1S/C17H22O4/c1-3-5-7-13-21-17(19)15-10-8-14(9-11-15)16(18)20-12-6-4-2/h4,6,8-11H,3,5,7,12-13H2,1-2H3/b6-4+. The van der Waals surface area contributed by atoms with Crippen molar-refractivity contribution < 1.29 is 19.1 Å². The van der Waals surface area contributed by atoms with E-state index in [-0.39, 0.29) is 12.6 Å². The topological polar surface area (TPSA) is 52.6 Å². The van der Waals surface area contributed by atoms with E-state index in [4.69, 9.17) is 9.47 Å². The third-order valence-electron chi connectivity index (χ3n) is 2.88. The third-order valence-corrected chi connectivity index (χ3v) is 2.88. The molecule has 0 N–H and O–H groups in total. The second-order valence-electron chi connectivity index (χ2n) is 4.59. The molecule has 1 aromatic rings. The molecule has 4 heteroatoms. The Balaban J connectivity index is 2.49. The number of hydrogen-bond acceptors (Lipinski definition) is 4. The van der Waals surface area contributed by atoms with Crippen LogP contribution < -0.4 is 0 Å². The Hall–Kier alpha value is -2.10. The first kappa shape index (κ1) is 17.0. The van der Waals surface area contributed by atoms with Crippen LogP contribution in [0, 0.1) is 0 Å².